The molecule has 0 unspecified atom stereocenters. The van der Waals surface area contributed by atoms with Crippen LogP contribution in [-0.4, -0.2) is 63.4 Å². The number of nitrogens with zero attached hydrogens (tertiary/aromatic N) is 3. The highest BCUT2D eigenvalue weighted by Gasteiger charge is 2.33. The highest BCUT2D eigenvalue weighted by molar-refractivity contribution is 6.44. The zero-order valence-corrected chi connectivity index (χ0v) is 16.7. The molecule has 3 heterocycles. The van der Waals surface area contributed by atoms with E-state index < -0.39 is 13.1 Å². The van der Waals surface area contributed by atoms with E-state index in [2.05, 4.69) is 9.88 Å². The number of likely N-dealkylation sites (tertiary alicyclic amines) is 1. The largest absolute Gasteiger partial charge is 0.535 e. The van der Waals surface area contributed by atoms with Crippen LogP contribution in [-0.2, 0) is 13.0 Å². The molecule has 152 valence electrons. The van der Waals surface area contributed by atoms with E-state index in [0.717, 1.165) is 31.7 Å². The van der Waals surface area contributed by atoms with Crippen LogP contribution in [0.4, 0.5) is 0 Å². The number of halogens is 2. The molecule has 1 aromatic heterocycles. The van der Waals surface area contributed by atoms with Crippen molar-refractivity contribution < 1.29 is 24.3 Å². The summed E-state index contributed by atoms with van der Waals surface area (Å²) in [6.07, 6.45) is 6.46. The van der Waals surface area contributed by atoms with Gasteiger partial charge >= 0.3 is 13.1 Å². The summed E-state index contributed by atoms with van der Waals surface area (Å²) in [4.78, 5) is 18.0. The molecule has 0 amide bonds. The molecule has 0 atom stereocenters. The molecule has 0 saturated carbocycles. The standard InChI is InChI=1S/C17H20BN3O5.2ClH/c22-17(23)15-14(2-1-12-3-4-18(24)26-16(12)15)25-13-9-21(10-13)8-7-20-6-5-19-11-20;;/h1-2,5-6,11,13,24H,3-4,7-10H2,(H,22,23);2*1H. The van der Waals surface area contributed by atoms with Gasteiger partial charge < -0.3 is 24.1 Å². The fourth-order valence-corrected chi connectivity index (χ4v) is 3.35. The van der Waals surface area contributed by atoms with E-state index in [4.69, 9.17) is 9.39 Å². The number of hydrogen-bond donors (Lipinski definition) is 2. The van der Waals surface area contributed by atoms with Crippen molar-refractivity contribution in [1.29, 1.82) is 0 Å². The van der Waals surface area contributed by atoms with Crippen LogP contribution in [0.3, 0.4) is 0 Å². The van der Waals surface area contributed by atoms with Crippen LogP contribution < -0.4 is 9.39 Å². The molecule has 1 fully saturated rings. The molecule has 2 aliphatic heterocycles. The summed E-state index contributed by atoms with van der Waals surface area (Å²) in [6, 6.07) is 3.51. The van der Waals surface area contributed by atoms with Crippen LogP contribution in [0, 0.1) is 0 Å². The van der Waals surface area contributed by atoms with Gasteiger partial charge in [-0.1, -0.05) is 6.07 Å². The van der Waals surface area contributed by atoms with E-state index >= 15 is 0 Å². The second-order valence-electron chi connectivity index (χ2n) is 6.64. The number of carbonyl (C=O) groups is 1. The lowest BCUT2D eigenvalue weighted by atomic mass is 9.78. The first-order chi connectivity index (χ1) is 12.6. The molecule has 28 heavy (non-hydrogen) atoms. The summed E-state index contributed by atoms with van der Waals surface area (Å²) >= 11 is 0. The molecular weight excluding hydrogens is 408 g/mol. The van der Waals surface area contributed by atoms with Gasteiger partial charge in [-0.2, -0.15) is 0 Å². The normalized spacial score (nSPS) is 16.1. The summed E-state index contributed by atoms with van der Waals surface area (Å²) in [6.45, 7) is 3.24. The van der Waals surface area contributed by atoms with Gasteiger partial charge in [0.25, 0.3) is 0 Å². The zero-order valence-electron chi connectivity index (χ0n) is 15.1. The maximum absolute atomic E-state index is 11.7. The Morgan fingerprint density at radius 3 is 2.79 bits per heavy atom. The SMILES string of the molecule is Cl.Cl.O=C(O)c1c(OC2CN(CCn3ccnc3)C2)ccc2c1OB(O)CC2. The number of ether oxygens (including phenoxy) is 1. The van der Waals surface area contributed by atoms with Crippen molar-refractivity contribution in [2.24, 2.45) is 0 Å². The lowest BCUT2D eigenvalue weighted by molar-refractivity contribution is 0.0169. The molecule has 2 N–H and O–H groups in total. The Hall–Kier alpha value is -1.94. The lowest BCUT2D eigenvalue weighted by Crippen LogP contribution is -2.54. The number of hydrogen-bond acceptors (Lipinski definition) is 6. The first-order valence-corrected chi connectivity index (χ1v) is 8.69. The predicted octanol–water partition coefficient (Wildman–Crippen LogP) is 1.60. The van der Waals surface area contributed by atoms with Crippen LogP contribution in [0.15, 0.2) is 30.9 Å². The Morgan fingerprint density at radius 2 is 2.11 bits per heavy atom. The number of carboxylic acid groups (broad SMARTS) is 1. The molecule has 8 nitrogen and oxygen atoms in total. The second-order valence-corrected chi connectivity index (χ2v) is 6.64. The van der Waals surface area contributed by atoms with Gasteiger partial charge in [-0.15, -0.1) is 24.8 Å². The Morgan fingerprint density at radius 1 is 1.32 bits per heavy atom. The van der Waals surface area contributed by atoms with Gasteiger partial charge in [0, 0.05) is 38.6 Å². The highest BCUT2D eigenvalue weighted by Crippen LogP contribution is 2.37. The molecule has 0 spiro atoms. The van der Waals surface area contributed by atoms with Gasteiger partial charge in [0.05, 0.1) is 6.33 Å². The highest BCUT2D eigenvalue weighted by atomic mass is 35.5. The van der Waals surface area contributed by atoms with Gasteiger partial charge in [0.1, 0.15) is 23.2 Å². The Balaban J connectivity index is 0.00000140. The number of aromatic nitrogens is 2. The Kier molecular flexibility index (Phi) is 7.59. The van der Waals surface area contributed by atoms with Crippen molar-refractivity contribution in [3.8, 4) is 11.5 Å². The molecule has 0 bridgehead atoms. The van der Waals surface area contributed by atoms with Gasteiger partial charge in [-0.05, 0) is 24.4 Å². The molecule has 0 radical (unpaired) electrons. The van der Waals surface area contributed by atoms with E-state index in [1.807, 2.05) is 16.8 Å². The van der Waals surface area contributed by atoms with E-state index in [1.165, 1.54) is 0 Å². The molecule has 11 heteroatoms. The van der Waals surface area contributed by atoms with Crippen LogP contribution in [0.5, 0.6) is 11.5 Å². The van der Waals surface area contributed by atoms with Crippen LogP contribution in [0.2, 0.25) is 6.32 Å². The van der Waals surface area contributed by atoms with E-state index in [1.54, 1.807) is 18.6 Å². The van der Waals surface area contributed by atoms with Crippen LogP contribution in [0.25, 0.3) is 0 Å². The number of fused-ring (bicyclic) bond motifs is 1. The van der Waals surface area contributed by atoms with E-state index in [-0.39, 0.29) is 42.2 Å². The van der Waals surface area contributed by atoms with Gasteiger partial charge in [0.15, 0.2) is 0 Å². The van der Waals surface area contributed by atoms with Crippen molar-refractivity contribution in [3.63, 3.8) is 0 Å². The van der Waals surface area contributed by atoms with Crippen molar-refractivity contribution >= 4 is 37.9 Å². The van der Waals surface area contributed by atoms with E-state index in [0.29, 0.717) is 18.5 Å². The second kappa shape index (κ2) is 9.51. The van der Waals surface area contributed by atoms with Gasteiger partial charge in [0.2, 0.25) is 0 Å². The summed E-state index contributed by atoms with van der Waals surface area (Å²) in [5, 5.41) is 19.3. The lowest BCUT2D eigenvalue weighted by Gasteiger charge is -2.39. The average molecular weight is 430 g/mol. The monoisotopic (exact) mass is 429 g/mol. The molecule has 1 aromatic carbocycles. The number of aryl methyl sites for hydroxylation is 1. The van der Waals surface area contributed by atoms with Crippen molar-refractivity contribution in [2.45, 2.75) is 25.4 Å². The number of carboxylic acids is 1. The molecule has 1 saturated heterocycles. The third kappa shape index (κ3) is 4.72. The minimum atomic E-state index is -1.11. The third-order valence-electron chi connectivity index (χ3n) is 4.78. The molecule has 0 aliphatic carbocycles. The molecule has 2 aliphatic rings. The quantitative estimate of drug-likeness (QED) is 0.673. The average Bonchev–Trinajstić information content (AvgIpc) is 3.09. The summed E-state index contributed by atoms with van der Waals surface area (Å²) < 4.78 is 13.3. The Bertz CT molecular complexity index is 802. The maximum atomic E-state index is 11.7. The van der Waals surface area contributed by atoms with Gasteiger partial charge in [-0.3, -0.25) is 4.90 Å². The zero-order chi connectivity index (χ0) is 18.1. The van der Waals surface area contributed by atoms with E-state index in [9.17, 15) is 14.9 Å². The summed E-state index contributed by atoms with van der Waals surface area (Å²) in [5.41, 5.74) is 0.786. The maximum Gasteiger partial charge on any atom is 0.522 e. The molecule has 2 aromatic rings. The number of rotatable bonds is 6. The summed E-state index contributed by atoms with van der Waals surface area (Å²) in [7, 11) is -0.974. The predicted molar refractivity (Wildman–Crippen MR) is 108 cm³/mol. The first kappa shape index (κ1) is 22.4. The van der Waals surface area contributed by atoms with Gasteiger partial charge in [-0.25, -0.2) is 9.78 Å². The smallest absolute Gasteiger partial charge is 0.522 e. The fourth-order valence-electron chi connectivity index (χ4n) is 3.35. The van der Waals surface area contributed by atoms with Crippen LogP contribution in [0.1, 0.15) is 15.9 Å². The Labute approximate surface area is 175 Å². The number of imidazole rings is 1. The number of benzene rings is 1. The first-order valence-electron chi connectivity index (χ1n) is 8.69. The number of aromatic carboxylic acids is 1. The minimum absolute atomic E-state index is 0. The molecular formula is C17H22BCl2N3O5. The van der Waals surface area contributed by atoms with Crippen molar-refractivity contribution in [3.05, 3.63) is 42.0 Å². The molecule has 4 rings (SSSR count). The summed E-state index contributed by atoms with van der Waals surface area (Å²) in [5.74, 6) is -0.586. The minimum Gasteiger partial charge on any atom is -0.535 e. The third-order valence-corrected chi connectivity index (χ3v) is 4.78. The van der Waals surface area contributed by atoms with Crippen molar-refractivity contribution in [1.82, 2.24) is 14.5 Å². The topological polar surface area (TPSA) is 97.1 Å². The van der Waals surface area contributed by atoms with Crippen LogP contribution >= 0.6 is 24.8 Å². The van der Waals surface area contributed by atoms with Crippen molar-refractivity contribution in [2.75, 3.05) is 19.6 Å². The fraction of sp³-hybridized carbons (Fsp3) is 0.412.